The topological polar surface area (TPSA) is 91.8 Å². The van der Waals surface area contributed by atoms with Crippen molar-refractivity contribution in [2.75, 3.05) is 19.8 Å². The van der Waals surface area contributed by atoms with Crippen molar-refractivity contribution >= 4 is 19.9 Å². The molecular weight excluding hydrogens is 362 g/mol. The van der Waals surface area contributed by atoms with Gasteiger partial charge in [0.15, 0.2) is 9.84 Å². The van der Waals surface area contributed by atoms with Crippen molar-refractivity contribution in [1.29, 1.82) is 0 Å². The van der Waals surface area contributed by atoms with Crippen LogP contribution in [0.2, 0.25) is 0 Å². The predicted molar refractivity (Wildman–Crippen MR) is 96.2 cm³/mol. The number of aliphatic hydroxyl groups excluding tert-OH is 1. The normalized spacial score (nSPS) is 13.8. The highest BCUT2D eigenvalue weighted by Gasteiger charge is 2.21. The van der Waals surface area contributed by atoms with Gasteiger partial charge < -0.3 is 5.11 Å². The van der Waals surface area contributed by atoms with Crippen LogP contribution >= 0.6 is 0 Å². The number of hydrogen-bond donors (Lipinski definition) is 1. The third-order valence-corrected chi connectivity index (χ3v) is 7.07. The lowest BCUT2D eigenvalue weighted by Crippen LogP contribution is -2.22. The lowest BCUT2D eigenvalue weighted by Gasteiger charge is -2.14. The van der Waals surface area contributed by atoms with E-state index in [1.165, 1.54) is 32.3 Å². The summed E-state index contributed by atoms with van der Waals surface area (Å²) in [5.74, 6) is -0.768. The smallest absolute Gasteiger partial charge is 0.242 e. The van der Waals surface area contributed by atoms with E-state index in [1.54, 1.807) is 36.4 Å². The van der Waals surface area contributed by atoms with Crippen LogP contribution in [-0.2, 0) is 25.6 Å². The largest absolute Gasteiger partial charge is 0.387 e. The van der Waals surface area contributed by atoms with Gasteiger partial charge in [-0.3, -0.25) is 0 Å². The van der Waals surface area contributed by atoms with E-state index >= 15 is 0 Å². The number of benzene rings is 2. The molecule has 0 fully saturated rings. The van der Waals surface area contributed by atoms with Gasteiger partial charge >= 0.3 is 0 Å². The molecule has 0 aliphatic rings. The zero-order valence-electron chi connectivity index (χ0n) is 14.0. The molecule has 6 nitrogen and oxygen atoms in total. The Labute approximate surface area is 148 Å². The summed E-state index contributed by atoms with van der Waals surface area (Å²) in [6.45, 7) is 0. The molecule has 0 bridgehead atoms. The molecule has 136 valence electrons. The third kappa shape index (κ3) is 5.12. The summed E-state index contributed by atoms with van der Waals surface area (Å²) in [6.07, 6.45) is -1.13. The minimum Gasteiger partial charge on any atom is -0.387 e. The maximum Gasteiger partial charge on any atom is 0.242 e. The number of aliphatic hydroxyl groups is 1. The number of hydrogen-bond acceptors (Lipinski definition) is 5. The number of sulfonamides is 1. The molecule has 1 unspecified atom stereocenters. The van der Waals surface area contributed by atoms with Gasteiger partial charge in [0.2, 0.25) is 10.0 Å². The molecule has 0 heterocycles. The second kappa shape index (κ2) is 7.65. The lowest BCUT2D eigenvalue weighted by atomic mass is 10.1. The van der Waals surface area contributed by atoms with Crippen LogP contribution < -0.4 is 0 Å². The Hall–Kier alpha value is -1.74. The molecule has 1 N–H and O–H groups in total. The van der Waals surface area contributed by atoms with Gasteiger partial charge in [-0.2, -0.15) is 0 Å². The van der Waals surface area contributed by atoms with E-state index in [-0.39, 0.29) is 10.6 Å². The van der Waals surface area contributed by atoms with Gasteiger partial charge in [-0.25, -0.2) is 21.1 Å². The minimum absolute atomic E-state index is 0.0359. The van der Waals surface area contributed by atoms with Crippen LogP contribution in [0.25, 0.3) is 0 Å². The molecule has 2 aromatic rings. The zero-order chi connectivity index (χ0) is 18.7. The molecule has 2 aromatic carbocycles. The van der Waals surface area contributed by atoms with Crippen molar-refractivity contribution in [2.45, 2.75) is 16.8 Å². The molecule has 1 atom stereocenters. The quantitative estimate of drug-likeness (QED) is 0.784. The monoisotopic (exact) mass is 383 g/mol. The molecule has 0 amide bonds. The molecule has 8 heteroatoms. The Morgan fingerprint density at radius 2 is 1.60 bits per heavy atom. The van der Waals surface area contributed by atoms with Crippen molar-refractivity contribution in [2.24, 2.45) is 0 Å². The van der Waals surface area contributed by atoms with Crippen LogP contribution in [0, 0.1) is 0 Å². The van der Waals surface area contributed by atoms with E-state index in [4.69, 9.17) is 0 Å². The van der Waals surface area contributed by atoms with E-state index in [0.29, 0.717) is 11.1 Å². The lowest BCUT2D eigenvalue weighted by molar-refractivity contribution is 0.201. The Balaban J connectivity index is 2.18. The van der Waals surface area contributed by atoms with Gasteiger partial charge in [-0.15, -0.1) is 0 Å². The van der Waals surface area contributed by atoms with Gasteiger partial charge in [0.25, 0.3) is 0 Å². The number of nitrogens with zero attached hydrogens (tertiary/aromatic N) is 1. The maximum atomic E-state index is 12.4. The number of rotatable bonds is 7. The van der Waals surface area contributed by atoms with Crippen LogP contribution in [0.4, 0.5) is 0 Å². The zero-order valence-corrected chi connectivity index (χ0v) is 15.7. The van der Waals surface area contributed by atoms with Gasteiger partial charge in [0.1, 0.15) is 0 Å². The molecule has 0 aliphatic carbocycles. The summed E-state index contributed by atoms with van der Waals surface area (Å²) >= 11 is 0. The summed E-state index contributed by atoms with van der Waals surface area (Å²) in [5.41, 5.74) is 0.887. The molecule has 2 rings (SSSR count). The predicted octanol–water partition coefficient (Wildman–Crippen LogP) is 1.59. The van der Waals surface area contributed by atoms with Crippen molar-refractivity contribution in [3.8, 4) is 0 Å². The Morgan fingerprint density at radius 3 is 2.20 bits per heavy atom. The Morgan fingerprint density at radius 1 is 0.960 bits per heavy atom. The van der Waals surface area contributed by atoms with Crippen molar-refractivity contribution in [3.63, 3.8) is 0 Å². The molecule has 25 heavy (non-hydrogen) atoms. The first-order chi connectivity index (χ1) is 11.6. The first-order valence-electron chi connectivity index (χ1n) is 7.57. The highest BCUT2D eigenvalue weighted by Crippen LogP contribution is 2.20. The first kappa shape index (κ1) is 19.6. The summed E-state index contributed by atoms with van der Waals surface area (Å²) in [5, 5.41) is 10.1. The second-order valence-corrected chi connectivity index (χ2v) is 10.2. The van der Waals surface area contributed by atoms with Crippen molar-refractivity contribution in [3.05, 3.63) is 65.7 Å². The average molecular weight is 383 g/mol. The Bertz CT molecular complexity index is 923. The highest BCUT2D eigenvalue weighted by atomic mass is 32.2. The van der Waals surface area contributed by atoms with Crippen LogP contribution in [0.3, 0.4) is 0 Å². The molecule has 0 aliphatic heterocycles. The van der Waals surface area contributed by atoms with E-state index in [2.05, 4.69) is 0 Å². The van der Waals surface area contributed by atoms with Crippen LogP contribution in [0.1, 0.15) is 17.2 Å². The van der Waals surface area contributed by atoms with Gasteiger partial charge in [-0.1, -0.05) is 42.5 Å². The second-order valence-electron chi connectivity index (χ2n) is 5.92. The molecule has 0 saturated carbocycles. The SMILES string of the molecule is CN(C)S(=O)(=O)c1cccc(CS(=O)(=O)CC(O)c2ccccc2)c1. The highest BCUT2D eigenvalue weighted by molar-refractivity contribution is 7.90. The van der Waals surface area contributed by atoms with Crippen LogP contribution in [0.15, 0.2) is 59.5 Å². The van der Waals surface area contributed by atoms with Crippen LogP contribution in [-0.4, -0.2) is 46.1 Å². The minimum atomic E-state index is -3.63. The van der Waals surface area contributed by atoms with Gasteiger partial charge in [0.05, 0.1) is 22.5 Å². The van der Waals surface area contributed by atoms with E-state index in [9.17, 15) is 21.9 Å². The van der Waals surface area contributed by atoms with Crippen molar-refractivity contribution < 1.29 is 21.9 Å². The van der Waals surface area contributed by atoms with Gasteiger partial charge in [0, 0.05) is 14.1 Å². The standard InChI is InChI=1S/C17H21NO5S2/c1-18(2)25(22,23)16-10-6-7-14(11-16)12-24(20,21)13-17(19)15-8-4-3-5-9-15/h3-11,17,19H,12-13H2,1-2H3. The Kier molecular flexibility index (Phi) is 5.99. The van der Waals surface area contributed by atoms with Crippen molar-refractivity contribution in [1.82, 2.24) is 4.31 Å². The average Bonchev–Trinajstić information content (AvgIpc) is 2.54. The van der Waals surface area contributed by atoms with E-state index in [0.717, 1.165) is 4.31 Å². The molecule has 0 saturated heterocycles. The summed E-state index contributed by atoms with van der Waals surface area (Å²) in [7, 11) is -4.43. The maximum absolute atomic E-state index is 12.4. The molecule has 0 radical (unpaired) electrons. The first-order valence-corrected chi connectivity index (χ1v) is 10.8. The summed E-state index contributed by atoms with van der Waals surface area (Å²) < 4.78 is 50.1. The molecular formula is C17H21NO5S2. The molecule has 0 spiro atoms. The summed E-state index contributed by atoms with van der Waals surface area (Å²) in [6, 6.07) is 14.4. The number of sulfone groups is 1. The third-order valence-electron chi connectivity index (χ3n) is 3.66. The fourth-order valence-electron chi connectivity index (χ4n) is 2.33. The van der Waals surface area contributed by atoms with E-state index < -0.39 is 31.7 Å². The summed E-state index contributed by atoms with van der Waals surface area (Å²) in [4.78, 5) is 0.0359. The van der Waals surface area contributed by atoms with E-state index in [1.807, 2.05) is 0 Å². The molecule has 0 aromatic heterocycles. The fraction of sp³-hybridized carbons (Fsp3) is 0.294. The van der Waals surface area contributed by atoms with Gasteiger partial charge in [-0.05, 0) is 23.3 Å². The van der Waals surface area contributed by atoms with Crippen LogP contribution in [0.5, 0.6) is 0 Å². The fourth-order valence-corrected chi connectivity index (χ4v) is 4.78.